The van der Waals surface area contributed by atoms with Crippen LogP contribution in [0.1, 0.15) is 78.6 Å². The second-order valence-corrected chi connectivity index (χ2v) is 13.4. The van der Waals surface area contributed by atoms with E-state index in [9.17, 15) is 0 Å². The number of fused-ring (bicyclic) bond motifs is 3. The summed E-state index contributed by atoms with van der Waals surface area (Å²) in [4.78, 5) is 0. The van der Waals surface area contributed by atoms with Crippen molar-refractivity contribution in [1.29, 1.82) is 0 Å². The summed E-state index contributed by atoms with van der Waals surface area (Å²) in [6.07, 6.45) is 10.9. The molecular formula is C28H45NO5. The first-order valence-electron chi connectivity index (χ1n) is 14.2. The third-order valence-electron chi connectivity index (χ3n) is 12.2. The van der Waals surface area contributed by atoms with Gasteiger partial charge in [-0.15, -0.1) is 0 Å². The molecule has 7 fully saturated rings. The number of nitrogens with two attached hydrogens (primary N) is 1. The molecule has 0 aromatic carbocycles. The highest BCUT2D eigenvalue weighted by Crippen LogP contribution is 2.73. The molecular weight excluding hydrogens is 430 g/mol. The molecule has 7 rings (SSSR count). The second-order valence-electron chi connectivity index (χ2n) is 13.4. The number of ether oxygens (including phenoxy) is 5. The van der Waals surface area contributed by atoms with Crippen molar-refractivity contribution in [3.05, 3.63) is 0 Å². The Bertz CT molecular complexity index is 825. The van der Waals surface area contributed by atoms with Crippen molar-refractivity contribution in [3.63, 3.8) is 0 Å². The van der Waals surface area contributed by atoms with Gasteiger partial charge in [-0.25, -0.2) is 0 Å². The molecule has 14 atom stereocenters. The summed E-state index contributed by atoms with van der Waals surface area (Å²) in [5.41, 5.74) is 6.76. The molecule has 2 N–H and O–H groups in total. The Kier molecular flexibility index (Phi) is 5.15. The van der Waals surface area contributed by atoms with Crippen LogP contribution >= 0.6 is 0 Å². The van der Waals surface area contributed by atoms with Gasteiger partial charge in [-0.2, -0.15) is 0 Å². The number of hydrogen-bond donors (Lipinski definition) is 1. The van der Waals surface area contributed by atoms with Crippen LogP contribution in [0.25, 0.3) is 0 Å². The standard InChI is InChI=1S/C28H45NO5/c1-15-25(29)22(30-4)13-23(32-15)33-18-7-9-26(2)17(12-18)5-6-19-21(26)11-16-14-31-27(3)20-8-10-28(19,34-27)24(16)20/h15-25H,5-14,29H2,1-4H3/t15-,16?,17?,18-,19?,20?,21?,22?,23?,24?,25?,26-,27?,28-/m0/s1. The van der Waals surface area contributed by atoms with Gasteiger partial charge in [0, 0.05) is 25.4 Å². The molecule has 10 unspecified atom stereocenters. The van der Waals surface area contributed by atoms with Crippen LogP contribution in [0.5, 0.6) is 0 Å². The SMILES string of the molecule is COC1CC(O[C@H]2CC[C@@]3(C)C(CCC4C3CC3COC5(C)O[C@@]46CCC5C36)C2)O[C@@H](C)C1N. The molecule has 0 radical (unpaired) electrons. The highest BCUT2D eigenvalue weighted by atomic mass is 16.7. The molecule has 4 saturated carbocycles. The largest absolute Gasteiger partial charge is 0.380 e. The van der Waals surface area contributed by atoms with Crippen LogP contribution < -0.4 is 5.73 Å². The second kappa shape index (κ2) is 7.64. The van der Waals surface area contributed by atoms with Gasteiger partial charge in [0.25, 0.3) is 0 Å². The van der Waals surface area contributed by atoms with Gasteiger partial charge < -0.3 is 29.4 Å². The van der Waals surface area contributed by atoms with Gasteiger partial charge in [-0.05, 0) is 94.3 Å². The van der Waals surface area contributed by atoms with Gasteiger partial charge in [0.05, 0.1) is 36.6 Å². The first kappa shape index (κ1) is 22.9. The lowest BCUT2D eigenvalue weighted by Crippen LogP contribution is -2.60. The van der Waals surface area contributed by atoms with Gasteiger partial charge >= 0.3 is 0 Å². The Hall–Kier alpha value is -0.240. The Labute approximate surface area is 204 Å². The summed E-state index contributed by atoms with van der Waals surface area (Å²) >= 11 is 0. The maximum Gasteiger partial charge on any atom is 0.169 e. The van der Waals surface area contributed by atoms with E-state index in [0.29, 0.717) is 23.2 Å². The van der Waals surface area contributed by atoms with E-state index in [-0.39, 0.29) is 42.0 Å². The quantitative estimate of drug-likeness (QED) is 0.616. The van der Waals surface area contributed by atoms with E-state index < -0.39 is 0 Å². The highest BCUT2D eigenvalue weighted by molar-refractivity contribution is 5.21. The molecule has 6 heteroatoms. The Morgan fingerprint density at radius 3 is 2.62 bits per heavy atom. The molecule has 0 spiro atoms. The van der Waals surface area contributed by atoms with E-state index in [4.69, 9.17) is 29.4 Å². The van der Waals surface area contributed by atoms with E-state index in [0.717, 1.165) is 43.6 Å². The summed E-state index contributed by atoms with van der Waals surface area (Å²) in [6, 6.07) is -0.0845. The molecule has 0 aromatic heterocycles. The third-order valence-corrected chi connectivity index (χ3v) is 12.2. The molecule has 3 saturated heterocycles. The zero-order valence-corrected chi connectivity index (χ0v) is 21.5. The van der Waals surface area contributed by atoms with Crippen molar-refractivity contribution in [3.8, 4) is 0 Å². The molecule has 3 heterocycles. The molecule has 3 aliphatic heterocycles. The van der Waals surface area contributed by atoms with Gasteiger partial charge in [0.1, 0.15) is 0 Å². The van der Waals surface area contributed by atoms with Crippen molar-refractivity contribution in [2.24, 2.45) is 46.7 Å². The van der Waals surface area contributed by atoms with E-state index in [1.54, 1.807) is 7.11 Å². The minimum absolute atomic E-state index is 0.00782. The van der Waals surface area contributed by atoms with E-state index in [1.165, 1.54) is 38.5 Å². The molecule has 34 heavy (non-hydrogen) atoms. The maximum atomic E-state index is 7.00. The number of rotatable bonds is 3. The minimum Gasteiger partial charge on any atom is -0.380 e. The summed E-state index contributed by atoms with van der Waals surface area (Å²) in [5.74, 6) is 3.97. The normalized spacial score (nSPS) is 62.2. The first-order valence-corrected chi connectivity index (χ1v) is 14.2. The van der Waals surface area contributed by atoms with Crippen LogP contribution in [-0.2, 0) is 23.7 Å². The lowest BCUT2D eigenvalue weighted by atomic mass is 9.44. The van der Waals surface area contributed by atoms with Gasteiger partial charge in [0.2, 0.25) is 0 Å². The summed E-state index contributed by atoms with van der Waals surface area (Å²) in [7, 11) is 1.75. The average molecular weight is 476 g/mol. The smallest absolute Gasteiger partial charge is 0.169 e. The van der Waals surface area contributed by atoms with Crippen LogP contribution in [0, 0.1) is 40.9 Å². The van der Waals surface area contributed by atoms with Crippen molar-refractivity contribution in [1.82, 2.24) is 0 Å². The molecule has 4 bridgehead atoms. The lowest BCUT2D eigenvalue weighted by molar-refractivity contribution is -0.286. The van der Waals surface area contributed by atoms with Crippen LogP contribution in [0.15, 0.2) is 0 Å². The van der Waals surface area contributed by atoms with Crippen LogP contribution in [0.2, 0.25) is 0 Å². The van der Waals surface area contributed by atoms with Crippen molar-refractivity contribution < 1.29 is 23.7 Å². The minimum atomic E-state index is -0.308. The molecule has 192 valence electrons. The van der Waals surface area contributed by atoms with Gasteiger partial charge in [-0.3, -0.25) is 0 Å². The highest BCUT2D eigenvalue weighted by Gasteiger charge is 2.75. The predicted octanol–water partition coefficient (Wildman–Crippen LogP) is 4.24. The van der Waals surface area contributed by atoms with Crippen molar-refractivity contribution in [2.45, 2.75) is 121 Å². The fraction of sp³-hybridized carbons (Fsp3) is 1.00. The number of methoxy groups -OCH3 is 1. The molecule has 6 nitrogen and oxygen atoms in total. The van der Waals surface area contributed by atoms with Crippen molar-refractivity contribution >= 4 is 0 Å². The first-order chi connectivity index (χ1) is 16.3. The summed E-state index contributed by atoms with van der Waals surface area (Å²) < 4.78 is 31.8. The fourth-order valence-electron chi connectivity index (χ4n) is 10.6. The fourth-order valence-corrected chi connectivity index (χ4v) is 10.6. The van der Waals surface area contributed by atoms with E-state index in [1.807, 2.05) is 6.92 Å². The Morgan fingerprint density at radius 1 is 0.941 bits per heavy atom. The van der Waals surface area contributed by atoms with Crippen LogP contribution in [-0.4, -0.2) is 55.7 Å². The monoisotopic (exact) mass is 475 g/mol. The third kappa shape index (κ3) is 2.96. The lowest BCUT2D eigenvalue weighted by Gasteiger charge is -2.62. The molecule has 4 aliphatic carbocycles. The zero-order valence-electron chi connectivity index (χ0n) is 21.5. The predicted molar refractivity (Wildman–Crippen MR) is 127 cm³/mol. The topological polar surface area (TPSA) is 72.2 Å². The molecule has 0 aromatic rings. The Balaban J connectivity index is 1.08. The van der Waals surface area contributed by atoms with Crippen LogP contribution in [0.3, 0.4) is 0 Å². The average Bonchev–Trinajstić information content (AvgIpc) is 3.30. The van der Waals surface area contributed by atoms with Crippen molar-refractivity contribution in [2.75, 3.05) is 13.7 Å². The maximum absolute atomic E-state index is 7.00. The zero-order chi connectivity index (χ0) is 23.5. The van der Waals surface area contributed by atoms with Gasteiger partial charge in [0.15, 0.2) is 12.1 Å². The molecule has 0 amide bonds. The van der Waals surface area contributed by atoms with E-state index in [2.05, 4.69) is 13.8 Å². The van der Waals surface area contributed by atoms with Crippen LogP contribution in [0.4, 0.5) is 0 Å². The molecule has 7 aliphatic rings. The summed E-state index contributed by atoms with van der Waals surface area (Å²) in [6.45, 7) is 7.82. The Morgan fingerprint density at radius 2 is 1.79 bits per heavy atom. The van der Waals surface area contributed by atoms with E-state index >= 15 is 0 Å². The number of hydrogen-bond acceptors (Lipinski definition) is 6. The van der Waals surface area contributed by atoms with Gasteiger partial charge in [-0.1, -0.05) is 6.92 Å². The summed E-state index contributed by atoms with van der Waals surface area (Å²) in [5, 5.41) is 0.